The highest BCUT2D eigenvalue weighted by Crippen LogP contribution is 2.68. The lowest BCUT2D eigenvalue weighted by Gasteiger charge is -2.44. The third-order valence-corrected chi connectivity index (χ3v) is 9.33. The predicted octanol–water partition coefficient (Wildman–Crippen LogP) is 3.07. The number of benzene rings is 1. The van der Waals surface area contributed by atoms with E-state index in [1.165, 1.54) is 0 Å². The van der Waals surface area contributed by atoms with Gasteiger partial charge in [0, 0.05) is 22.9 Å². The highest BCUT2D eigenvalue weighted by molar-refractivity contribution is 9.10. The van der Waals surface area contributed by atoms with Crippen molar-refractivity contribution in [2.24, 2.45) is 22.5 Å². The third-order valence-electron chi connectivity index (χ3n) is 7.50. The van der Waals surface area contributed by atoms with Gasteiger partial charge in [-0.3, -0.25) is 9.35 Å². The van der Waals surface area contributed by atoms with Crippen LogP contribution in [0.4, 0.5) is 0 Å². The molecule has 3 aliphatic carbocycles. The van der Waals surface area contributed by atoms with Crippen molar-refractivity contribution in [3.05, 3.63) is 33.8 Å². The second-order valence-corrected chi connectivity index (χ2v) is 11.2. The minimum Gasteiger partial charge on any atom is -0.327 e. The number of nitrogens with two attached hydrogens (primary N) is 1. The summed E-state index contributed by atoms with van der Waals surface area (Å²) in [6.07, 6.45) is 2.26. The van der Waals surface area contributed by atoms with E-state index in [0.717, 1.165) is 22.0 Å². The van der Waals surface area contributed by atoms with Crippen LogP contribution in [-0.4, -0.2) is 30.0 Å². The number of rotatable bonds is 3. The Hall–Kier alpha value is -0.760. The molecule has 1 aromatic carbocycles. The van der Waals surface area contributed by atoms with Crippen LogP contribution >= 0.6 is 15.9 Å². The van der Waals surface area contributed by atoms with Crippen molar-refractivity contribution in [2.75, 3.05) is 0 Å². The average Bonchev–Trinajstić information content (AvgIpc) is 3.01. The highest BCUT2D eigenvalue weighted by Gasteiger charge is 2.71. The van der Waals surface area contributed by atoms with Crippen molar-refractivity contribution in [1.29, 1.82) is 0 Å². The average molecular weight is 442 g/mol. The molecule has 2 bridgehead atoms. The van der Waals surface area contributed by atoms with E-state index >= 15 is 0 Å². The van der Waals surface area contributed by atoms with E-state index in [1.54, 1.807) is 0 Å². The van der Waals surface area contributed by atoms with Crippen molar-refractivity contribution in [1.82, 2.24) is 0 Å². The molecular formula is C19H24BrNO4S. The first-order valence-electron chi connectivity index (χ1n) is 9.03. The molecule has 7 heteroatoms. The summed E-state index contributed by atoms with van der Waals surface area (Å²) in [5, 5.41) is -1.19. The van der Waals surface area contributed by atoms with Gasteiger partial charge in [0.05, 0.1) is 5.41 Å². The van der Waals surface area contributed by atoms with E-state index in [0.29, 0.717) is 19.3 Å². The van der Waals surface area contributed by atoms with E-state index in [-0.39, 0.29) is 11.7 Å². The maximum absolute atomic E-state index is 13.1. The van der Waals surface area contributed by atoms with Gasteiger partial charge < -0.3 is 5.73 Å². The number of carbonyl (C=O) groups excluding carboxylic acids is 1. The number of hydrogen-bond acceptors (Lipinski definition) is 4. The molecule has 0 amide bonds. The number of fused-ring (bicyclic) bond motifs is 3. The second-order valence-electron chi connectivity index (χ2n) is 8.73. The zero-order valence-electron chi connectivity index (χ0n) is 14.9. The summed E-state index contributed by atoms with van der Waals surface area (Å²) in [5.41, 5.74) is 6.70. The van der Waals surface area contributed by atoms with E-state index in [2.05, 4.69) is 15.9 Å². The molecule has 0 heterocycles. The van der Waals surface area contributed by atoms with Crippen LogP contribution in [0, 0.1) is 16.7 Å². The van der Waals surface area contributed by atoms with Crippen LogP contribution in [0.25, 0.3) is 0 Å². The first kappa shape index (κ1) is 18.6. The Morgan fingerprint density at radius 3 is 2.54 bits per heavy atom. The maximum atomic E-state index is 13.1. The molecule has 2 unspecified atom stereocenters. The topological polar surface area (TPSA) is 97.5 Å². The number of ketones is 1. The lowest BCUT2D eigenvalue weighted by atomic mass is 9.63. The van der Waals surface area contributed by atoms with E-state index < -0.39 is 38.2 Å². The molecule has 2 saturated carbocycles. The fraction of sp³-hybridized carbons (Fsp3) is 0.632. The minimum atomic E-state index is -4.48. The molecule has 0 aromatic heterocycles. The predicted molar refractivity (Wildman–Crippen MR) is 102 cm³/mol. The monoisotopic (exact) mass is 441 g/mol. The molecule has 3 N–H and O–H groups in total. The Morgan fingerprint density at radius 2 is 2.00 bits per heavy atom. The summed E-state index contributed by atoms with van der Waals surface area (Å²) in [6, 6.07) is 5.25. The molecule has 0 aliphatic heterocycles. The first-order valence-corrected chi connectivity index (χ1v) is 11.3. The van der Waals surface area contributed by atoms with Crippen LogP contribution in [0.5, 0.6) is 0 Å². The van der Waals surface area contributed by atoms with Crippen LogP contribution in [0.15, 0.2) is 22.7 Å². The van der Waals surface area contributed by atoms with Gasteiger partial charge in [0.15, 0.2) is 0 Å². The third kappa shape index (κ3) is 2.26. The van der Waals surface area contributed by atoms with Gasteiger partial charge in [0.1, 0.15) is 11.0 Å². The highest BCUT2D eigenvalue weighted by atomic mass is 79.9. The number of halogens is 1. The van der Waals surface area contributed by atoms with Crippen LogP contribution in [-0.2, 0) is 21.3 Å². The minimum absolute atomic E-state index is 0.0286. The van der Waals surface area contributed by atoms with Gasteiger partial charge in [-0.15, -0.1) is 0 Å². The lowest BCUT2D eigenvalue weighted by Crippen LogP contribution is -2.55. The Bertz CT molecular complexity index is 897. The van der Waals surface area contributed by atoms with Crippen molar-refractivity contribution >= 4 is 31.8 Å². The molecule has 0 spiro atoms. The van der Waals surface area contributed by atoms with E-state index in [9.17, 15) is 17.8 Å². The van der Waals surface area contributed by atoms with E-state index in [1.807, 2.05) is 32.0 Å². The molecular weight excluding hydrogens is 418 g/mol. The Morgan fingerprint density at radius 1 is 1.31 bits per heavy atom. The lowest BCUT2D eigenvalue weighted by molar-refractivity contribution is -0.130. The Kier molecular flexibility index (Phi) is 4.02. The number of hydrogen-bond donors (Lipinski definition) is 2. The SMILES string of the molecule is CC1(C)[C@@H]2CC[C@@]1(C(C1c3ccc(Br)cc3C[C@H]1N)S(=O)(=O)O)C(=O)C2. The molecule has 5 nitrogen and oxygen atoms in total. The van der Waals surface area contributed by atoms with Crippen molar-refractivity contribution in [3.63, 3.8) is 0 Å². The van der Waals surface area contributed by atoms with Gasteiger partial charge in [-0.2, -0.15) is 8.42 Å². The summed E-state index contributed by atoms with van der Waals surface area (Å²) >= 11 is 3.44. The smallest absolute Gasteiger partial charge is 0.269 e. The zero-order chi connectivity index (χ0) is 19.1. The van der Waals surface area contributed by atoms with Crippen LogP contribution < -0.4 is 5.73 Å². The summed E-state index contributed by atoms with van der Waals surface area (Å²) < 4.78 is 36.6. The van der Waals surface area contributed by atoms with Crippen LogP contribution in [0.3, 0.4) is 0 Å². The molecule has 4 rings (SSSR count). The molecule has 0 saturated heterocycles. The largest absolute Gasteiger partial charge is 0.327 e. The fourth-order valence-corrected chi connectivity index (χ4v) is 8.39. The number of Topliss-reactive ketones (excluding diaryl/α,β-unsaturated/α-hetero) is 1. The standard InChI is InChI=1S/C19H24BrNO4S/c1-18(2)11-5-6-19(18,15(22)9-11)17(26(23,24)25)16-13-4-3-12(20)7-10(13)8-14(16)21/h3-4,7,11,14,16-17H,5-6,8-9,21H2,1-2H3,(H,23,24,25)/t11-,14-,16?,17?,19+/m1/s1. The van der Waals surface area contributed by atoms with Gasteiger partial charge in [-0.05, 0) is 53.9 Å². The fourth-order valence-electron chi connectivity index (χ4n) is 6.20. The summed E-state index contributed by atoms with van der Waals surface area (Å²) in [7, 11) is -4.48. The van der Waals surface area contributed by atoms with E-state index in [4.69, 9.17) is 5.73 Å². The molecule has 2 fully saturated rings. The first-order chi connectivity index (χ1) is 12.0. The second kappa shape index (κ2) is 5.63. The molecule has 26 heavy (non-hydrogen) atoms. The van der Waals surface area contributed by atoms with Crippen LogP contribution in [0.2, 0.25) is 0 Å². The summed E-state index contributed by atoms with van der Waals surface area (Å²) in [4.78, 5) is 13.1. The van der Waals surface area contributed by atoms with Crippen LogP contribution in [0.1, 0.15) is 50.2 Å². The number of carbonyl (C=O) groups is 1. The quantitative estimate of drug-likeness (QED) is 0.702. The van der Waals surface area contributed by atoms with Gasteiger partial charge in [0.2, 0.25) is 0 Å². The molecule has 0 radical (unpaired) electrons. The molecule has 3 aliphatic rings. The van der Waals surface area contributed by atoms with Gasteiger partial charge in [0.25, 0.3) is 10.1 Å². The Balaban J connectivity index is 1.93. The molecule has 142 valence electrons. The Labute approximate surface area is 162 Å². The maximum Gasteiger partial charge on any atom is 0.269 e. The molecule has 1 aromatic rings. The van der Waals surface area contributed by atoms with Crippen molar-refractivity contribution < 1.29 is 17.8 Å². The zero-order valence-corrected chi connectivity index (χ0v) is 17.3. The molecule has 5 atom stereocenters. The van der Waals surface area contributed by atoms with Gasteiger partial charge in [-0.1, -0.05) is 35.8 Å². The summed E-state index contributed by atoms with van der Waals surface area (Å²) in [6.45, 7) is 3.97. The van der Waals surface area contributed by atoms with Crippen molar-refractivity contribution in [2.45, 2.75) is 56.7 Å². The van der Waals surface area contributed by atoms with Crippen molar-refractivity contribution in [3.8, 4) is 0 Å². The summed E-state index contributed by atoms with van der Waals surface area (Å²) in [5.74, 6) is -0.437. The normalized spacial score (nSPS) is 36.3. The van der Waals surface area contributed by atoms with Gasteiger partial charge in [-0.25, -0.2) is 0 Å². The van der Waals surface area contributed by atoms with Gasteiger partial charge >= 0.3 is 0 Å².